The zero-order valence-electron chi connectivity index (χ0n) is 15.0. The summed E-state index contributed by atoms with van der Waals surface area (Å²) in [7, 11) is -0.464. The summed E-state index contributed by atoms with van der Waals surface area (Å²) < 4.78 is 17.9. The van der Waals surface area contributed by atoms with Crippen molar-refractivity contribution in [2.45, 2.75) is 64.4 Å². The van der Waals surface area contributed by atoms with Gasteiger partial charge in [-0.3, -0.25) is 4.99 Å². The Morgan fingerprint density at radius 1 is 1.17 bits per heavy atom. The average molecular weight is 330 g/mol. The van der Waals surface area contributed by atoms with Crippen molar-refractivity contribution in [3.63, 3.8) is 0 Å². The standard InChI is InChI=1S/C18H27BN2O3/c1-17(2)18(3,4)24-19(23-17)14-9-7-8-13(16(14)20)12-21-15-10-5-6-11-22-15/h7-9,12,15H,5-6,10-11,20H2,1-4H3/b21-12+. The van der Waals surface area contributed by atoms with E-state index in [0.717, 1.165) is 36.9 Å². The van der Waals surface area contributed by atoms with Gasteiger partial charge in [-0.2, -0.15) is 0 Å². The summed E-state index contributed by atoms with van der Waals surface area (Å²) in [5.74, 6) is 0. The third-order valence-electron chi connectivity index (χ3n) is 5.22. The Balaban J connectivity index is 1.80. The van der Waals surface area contributed by atoms with Crippen molar-refractivity contribution in [2.24, 2.45) is 4.99 Å². The molecule has 0 amide bonds. The average Bonchev–Trinajstić information content (AvgIpc) is 2.75. The minimum Gasteiger partial charge on any atom is -0.399 e. The highest BCUT2D eigenvalue weighted by atomic mass is 16.7. The van der Waals surface area contributed by atoms with Crippen LogP contribution < -0.4 is 11.2 Å². The van der Waals surface area contributed by atoms with Crippen LogP contribution in [0, 0.1) is 0 Å². The van der Waals surface area contributed by atoms with E-state index < -0.39 is 7.12 Å². The molecule has 0 radical (unpaired) electrons. The first-order valence-electron chi connectivity index (χ1n) is 8.69. The minimum absolute atomic E-state index is 0.0568. The number of benzene rings is 1. The van der Waals surface area contributed by atoms with Gasteiger partial charge >= 0.3 is 7.12 Å². The molecule has 2 aliphatic heterocycles. The monoisotopic (exact) mass is 330 g/mol. The number of nitrogen functional groups attached to an aromatic ring is 1. The van der Waals surface area contributed by atoms with Gasteiger partial charge in [0.15, 0.2) is 0 Å². The van der Waals surface area contributed by atoms with Crippen LogP contribution in [0.4, 0.5) is 5.69 Å². The number of aliphatic imine (C=N–C) groups is 1. The summed E-state index contributed by atoms with van der Waals surface area (Å²) in [6.07, 6.45) is 4.99. The Labute approximate surface area is 144 Å². The Morgan fingerprint density at radius 2 is 1.88 bits per heavy atom. The van der Waals surface area contributed by atoms with Gasteiger partial charge in [0.2, 0.25) is 0 Å². The summed E-state index contributed by atoms with van der Waals surface area (Å²) in [5.41, 5.74) is 7.96. The van der Waals surface area contributed by atoms with Crippen molar-refractivity contribution in [1.29, 1.82) is 0 Å². The molecule has 0 aliphatic carbocycles. The van der Waals surface area contributed by atoms with Gasteiger partial charge in [-0.1, -0.05) is 18.2 Å². The summed E-state index contributed by atoms with van der Waals surface area (Å²) in [4.78, 5) is 4.53. The van der Waals surface area contributed by atoms with Crippen molar-refractivity contribution in [1.82, 2.24) is 0 Å². The number of nitrogens with two attached hydrogens (primary N) is 1. The van der Waals surface area contributed by atoms with Crippen LogP contribution in [-0.4, -0.2) is 37.4 Å². The van der Waals surface area contributed by atoms with E-state index in [-0.39, 0.29) is 17.4 Å². The van der Waals surface area contributed by atoms with E-state index in [0.29, 0.717) is 5.69 Å². The van der Waals surface area contributed by atoms with Crippen LogP contribution >= 0.6 is 0 Å². The molecule has 2 saturated heterocycles. The first-order chi connectivity index (χ1) is 11.3. The van der Waals surface area contributed by atoms with E-state index in [1.165, 1.54) is 0 Å². The van der Waals surface area contributed by atoms with Crippen molar-refractivity contribution >= 4 is 24.5 Å². The van der Waals surface area contributed by atoms with Crippen LogP contribution in [0.5, 0.6) is 0 Å². The topological polar surface area (TPSA) is 66.1 Å². The fourth-order valence-corrected chi connectivity index (χ4v) is 2.89. The summed E-state index contributed by atoms with van der Waals surface area (Å²) in [5, 5.41) is 0. The molecular formula is C18H27BN2O3. The van der Waals surface area contributed by atoms with Crippen molar-refractivity contribution < 1.29 is 14.0 Å². The van der Waals surface area contributed by atoms with E-state index in [2.05, 4.69) is 4.99 Å². The van der Waals surface area contributed by atoms with Crippen LogP contribution in [0.15, 0.2) is 23.2 Å². The quantitative estimate of drug-likeness (QED) is 0.525. The predicted octanol–water partition coefficient (Wildman–Crippen LogP) is 2.51. The molecule has 5 nitrogen and oxygen atoms in total. The lowest BCUT2D eigenvalue weighted by Gasteiger charge is -2.32. The fourth-order valence-electron chi connectivity index (χ4n) is 2.89. The molecule has 0 saturated carbocycles. The van der Waals surface area contributed by atoms with Gasteiger partial charge in [0, 0.05) is 29.5 Å². The lowest BCUT2D eigenvalue weighted by atomic mass is 9.77. The van der Waals surface area contributed by atoms with Gasteiger partial charge in [-0.15, -0.1) is 0 Å². The van der Waals surface area contributed by atoms with Gasteiger partial charge in [-0.25, -0.2) is 0 Å². The lowest BCUT2D eigenvalue weighted by Crippen LogP contribution is -2.41. The number of rotatable bonds is 3. The first-order valence-corrected chi connectivity index (χ1v) is 8.69. The van der Waals surface area contributed by atoms with E-state index in [1.807, 2.05) is 45.9 Å². The molecule has 2 aliphatic rings. The zero-order valence-corrected chi connectivity index (χ0v) is 15.0. The van der Waals surface area contributed by atoms with Crippen LogP contribution in [0.2, 0.25) is 0 Å². The molecule has 2 heterocycles. The predicted molar refractivity (Wildman–Crippen MR) is 97.8 cm³/mol. The van der Waals surface area contributed by atoms with Crippen LogP contribution in [0.25, 0.3) is 0 Å². The van der Waals surface area contributed by atoms with Crippen molar-refractivity contribution in [3.8, 4) is 0 Å². The molecule has 0 spiro atoms. The minimum atomic E-state index is -0.464. The number of para-hydroxylation sites is 1. The highest BCUT2D eigenvalue weighted by Crippen LogP contribution is 2.37. The Hall–Kier alpha value is -1.37. The first kappa shape index (κ1) is 17.5. The summed E-state index contributed by atoms with van der Waals surface area (Å²) in [6, 6.07) is 5.86. The summed E-state index contributed by atoms with van der Waals surface area (Å²) in [6.45, 7) is 8.93. The van der Waals surface area contributed by atoms with Gasteiger partial charge in [-0.05, 0) is 47.0 Å². The van der Waals surface area contributed by atoms with E-state index in [4.69, 9.17) is 19.8 Å². The molecule has 1 aromatic carbocycles. The van der Waals surface area contributed by atoms with Crippen molar-refractivity contribution in [2.75, 3.05) is 12.3 Å². The third kappa shape index (κ3) is 3.36. The van der Waals surface area contributed by atoms with Crippen molar-refractivity contribution in [3.05, 3.63) is 23.8 Å². The Kier molecular flexibility index (Phi) is 4.73. The van der Waals surface area contributed by atoms with Gasteiger partial charge in [0.1, 0.15) is 6.23 Å². The highest BCUT2D eigenvalue weighted by Gasteiger charge is 2.52. The van der Waals surface area contributed by atoms with Crippen LogP contribution in [0.3, 0.4) is 0 Å². The molecule has 0 aromatic heterocycles. The SMILES string of the molecule is CC1(C)OB(c2cccc(/C=N/C3CCCCO3)c2N)OC1(C)C. The third-order valence-corrected chi connectivity index (χ3v) is 5.22. The molecular weight excluding hydrogens is 303 g/mol. The molecule has 1 aromatic rings. The van der Waals surface area contributed by atoms with E-state index in [9.17, 15) is 0 Å². The fraction of sp³-hybridized carbons (Fsp3) is 0.611. The Bertz CT molecular complexity index is 609. The van der Waals surface area contributed by atoms with Gasteiger partial charge in [0.25, 0.3) is 0 Å². The summed E-state index contributed by atoms with van der Waals surface area (Å²) >= 11 is 0. The molecule has 2 N–H and O–H groups in total. The molecule has 0 bridgehead atoms. The smallest absolute Gasteiger partial charge is 0.399 e. The molecule has 24 heavy (non-hydrogen) atoms. The number of anilines is 1. The molecule has 3 rings (SSSR count). The number of nitrogens with zero attached hydrogens (tertiary/aromatic N) is 1. The van der Waals surface area contributed by atoms with E-state index >= 15 is 0 Å². The second-order valence-electron chi connectivity index (χ2n) is 7.54. The highest BCUT2D eigenvalue weighted by molar-refractivity contribution is 6.64. The number of ether oxygens (including phenoxy) is 1. The maximum absolute atomic E-state index is 6.36. The van der Waals surface area contributed by atoms with Crippen LogP contribution in [0.1, 0.15) is 52.5 Å². The molecule has 1 unspecified atom stereocenters. The van der Waals surface area contributed by atoms with Gasteiger partial charge < -0.3 is 19.8 Å². The largest absolute Gasteiger partial charge is 0.496 e. The zero-order chi connectivity index (χ0) is 17.4. The van der Waals surface area contributed by atoms with E-state index in [1.54, 1.807) is 6.21 Å². The maximum atomic E-state index is 6.36. The molecule has 1 atom stereocenters. The molecule has 2 fully saturated rings. The maximum Gasteiger partial charge on any atom is 0.496 e. The Morgan fingerprint density at radius 3 is 2.50 bits per heavy atom. The molecule has 6 heteroatoms. The number of hydrogen-bond acceptors (Lipinski definition) is 5. The van der Waals surface area contributed by atoms with Gasteiger partial charge in [0.05, 0.1) is 11.2 Å². The normalized spacial score (nSPS) is 26.2. The lowest BCUT2D eigenvalue weighted by molar-refractivity contribution is 0.00578. The molecule has 130 valence electrons. The second kappa shape index (κ2) is 6.50. The second-order valence-corrected chi connectivity index (χ2v) is 7.54. The van der Waals surface area contributed by atoms with Crippen LogP contribution in [-0.2, 0) is 14.0 Å². The number of hydrogen-bond donors (Lipinski definition) is 1.